The molecule has 30 nitrogen and oxygen atoms in total. The first-order valence-electron chi connectivity index (χ1n) is 26.9. The predicted molar refractivity (Wildman–Crippen MR) is 284 cm³/mol. The van der Waals surface area contributed by atoms with Crippen LogP contribution in [0.4, 0.5) is 0 Å². The molecule has 21 N–H and O–H groups in total. The smallest absolute Gasteiger partial charge is 0.326 e. The molecule has 2 heterocycles. The van der Waals surface area contributed by atoms with Crippen molar-refractivity contribution in [1.29, 1.82) is 0 Å². The molecule has 446 valence electrons. The van der Waals surface area contributed by atoms with E-state index in [0.29, 0.717) is 32.1 Å². The molecule has 79 heavy (non-hydrogen) atoms. The fraction of sp³-hybridized carbons (Fsp3) is 0.735. The number of hydrogen-bond acceptors (Lipinski definition) is 16. The molecule has 0 saturated carbocycles. The van der Waals surface area contributed by atoms with E-state index in [-0.39, 0.29) is 109 Å². The zero-order valence-corrected chi connectivity index (χ0v) is 45.3. The van der Waals surface area contributed by atoms with Gasteiger partial charge in [-0.3, -0.25) is 57.7 Å². The highest BCUT2D eigenvalue weighted by Gasteiger charge is 2.43. The molecule has 0 spiro atoms. The molecule has 2 aliphatic rings. The van der Waals surface area contributed by atoms with Crippen LogP contribution in [0.15, 0.2) is 4.99 Å². The van der Waals surface area contributed by atoms with Crippen molar-refractivity contribution in [3.05, 3.63) is 0 Å². The molecule has 0 unspecified atom stereocenters. The second-order valence-corrected chi connectivity index (χ2v) is 20.2. The third kappa shape index (κ3) is 24.6. The number of hydrogen-bond donors (Lipinski definition) is 15. The third-order valence-corrected chi connectivity index (χ3v) is 13.3. The van der Waals surface area contributed by atoms with Crippen molar-refractivity contribution in [3.8, 4) is 0 Å². The van der Waals surface area contributed by atoms with Gasteiger partial charge in [-0.05, 0) is 122 Å². The second-order valence-electron chi connectivity index (χ2n) is 20.2. The van der Waals surface area contributed by atoms with Gasteiger partial charge in [0.15, 0.2) is 5.96 Å². The van der Waals surface area contributed by atoms with Crippen LogP contribution in [0.5, 0.6) is 0 Å². The number of carboxylic acid groups (broad SMARTS) is 3. The van der Waals surface area contributed by atoms with Crippen LogP contribution in [-0.2, 0) is 57.5 Å². The maximum atomic E-state index is 14.4. The summed E-state index contributed by atoms with van der Waals surface area (Å²) >= 11 is 0. The molecule has 9 atom stereocenters. The lowest BCUT2D eigenvalue weighted by Gasteiger charge is -2.32. The number of nitrogens with one attached hydrogen (secondary N) is 6. The minimum absolute atomic E-state index is 0.00590. The number of carbonyl (C=O) groups excluding carboxylic acids is 9. The molecule has 0 bridgehead atoms. The summed E-state index contributed by atoms with van der Waals surface area (Å²) in [5.41, 5.74) is 33.4. The van der Waals surface area contributed by atoms with Crippen LogP contribution in [0.1, 0.15) is 136 Å². The molecule has 2 fully saturated rings. The van der Waals surface area contributed by atoms with Gasteiger partial charge in [-0.25, -0.2) is 4.79 Å². The van der Waals surface area contributed by atoms with Crippen molar-refractivity contribution in [2.75, 3.05) is 32.7 Å². The number of guanidine groups is 1. The van der Waals surface area contributed by atoms with Gasteiger partial charge >= 0.3 is 17.9 Å². The molecule has 2 saturated heterocycles. The van der Waals surface area contributed by atoms with Gasteiger partial charge in [0.1, 0.15) is 48.3 Å². The van der Waals surface area contributed by atoms with E-state index in [0.717, 1.165) is 9.80 Å². The molecule has 0 aromatic heterocycles. The summed E-state index contributed by atoms with van der Waals surface area (Å²) in [5.74, 6) is -11.9. The Labute approximate surface area is 458 Å². The van der Waals surface area contributed by atoms with Crippen molar-refractivity contribution >= 4 is 77.0 Å². The minimum atomic E-state index is -1.55. The zero-order chi connectivity index (χ0) is 59.4. The Hall–Kier alpha value is -7.21. The van der Waals surface area contributed by atoms with Gasteiger partial charge in [-0.2, -0.15) is 0 Å². The number of aliphatic carboxylic acids is 3. The van der Waals surface area contributed by atoms with Gasteiger partial charge in [-0.1, -0.05) is 13.8 Å². The Kier molecular flexibility index (Phi) is 30.4. The summed E-state index contributed by atoms with van der Waals surface area (Å²) in [6.07, 6.45) is 0.207. The highest BCUT2D eigenvalue weighted by atomic mass is 16.4. The molecule has 9 amide bonds. The Bertz CT molecular complexity index is 2150. The lowest BCUT2D eigenvalue weighted by atomic mass is 10.0. The first kappa shape index (κ1) is 67.9. The molecule has 0 radical (unpaired) electrons. The van der Waals surface area contributed by atoms with Crippen LogP contribution in [0.3, 0.4) is 0 Å². The number of primary amides is 1. The van der Waals surface area contributed by atoms with E-state index >= 15 is 0 Å². The average Bonchev–Trinajstić information content (AvgIpc) is 4.11. The van der Waals surface area contributed by atoms with E-state index in [1.54, 1.807) is 13.8 Å². The predicted octanol–water partition coefficient (Wildman–Crippen LogP) is -4.36. The maximum Gasteiger partial charge on any atom is 0.326 e. The maximum absolute atomic E-state index is 14.4. The van der Waals surface area contributed by atoms with Crippen molar-refractivity contribution in [2.24, 2.45) is 45.3 Å². The van der Waals surface area contributed by atoms with Gasteiger partial charge in [0, 0.05) is 38.9 Å². The minimum Gasteiger partial charge on any atom is -0.481 e. The molecular formula is C49H85N15O15. The highest BCUT2D eigenvalue weighted by molar-refractivity contribution is 5.99. The van der Waals surface area contributed by atoms with Crippen LogP contribution in [-0.4, -0.2) is 189 Å². The number of amides is 9. The van der Waals surface area contributed by atoms with E-state index in [2.05, 4.69) is 36.9 Å². The normalized spacial score (nSPS) is 17.6. The fourth-order valence-corrected chi connectivity index (χ4v) is 9.11. The van der Waals surface area contributed by atoms with Crippen molar-refractivity contribution < 1.29 is 72.9 Å². The van der Waals surface area contributed by atoms with E-state index in [1.165, 1.54) is 0 Å². The number of aliphatic imine (C=N–C) groups is 1. The van der Waals surface area contributed by atoms with E-state index in [1.807, 2.05) is 0 Å². The number of nitrogens with two attached hydrogens (primary N) is 6. The standard InChI is InChI=1S/C49H85N15O15/c1-27(2)26-34(43(73)58-30(16-19-38(66)67)42(72)61-33(48(78)79)12-4-6-22-51)62-45(75)36-14-9-25-64(36)47(77)32(17-20-39(68)69)60-44(74)35-13-8-24-63(35)46(76)31(15-18-37(53)65)59-41(71)29(11-3-5-21-50)57-40(70)28(52)10-7-23-56-49(54)55/h27-36H,3-26,50-52H2,1-2H3,(H2,53,65)(H,57,70)(H,58,73)(H,59,71)(H,60,74)(H,61,72)(H,62,75)(H,66,67)(H,68,69)(H,78,79)(H4,54,55,56)/t28-,29-,30-,31-,32-,33-,34-,35-,36-/m0/s1. The van der Waals surface area contributed by atoms with E-state index < -0.39 is 151 Å². The molecule has 0 aromatic rings. The van der Waals surface area contributed by atoms with Gasteiger partial charge < -0.3 is 91.4 Å². The number of carboxylic acids is 3. The fourth-order valence-electron chi connectivity index (χ4n) is 9.11. The molecule has 0 aromatic carbocycles. The molecule has 30 heteroatoms. The number of likely N-dealkylation sites (tertiary alicyclic amines) is 2. The van der Waals surface area contributed by atoms with Crippen LogP contribution in [0.25, 0.3) is 0 Å². The summed E-state index contributed by atoms with van der Waals surface area (Å²) in [6, 6.07) is -12.0. The molecule has 2 aliphatic heterocycles. The number of nitrogens with zero attached hydrogens (tertiary/aromatic N) is 3. The molecular weight excluding hydrogens is 1040 g/mol. The first-order valence-corrected chi connectivity index (χ1v) is 26.9. The lowest BCUT2D eigenvalue weighted by molar-refractivity contribution is -0.145. The summed E-state index contributed by atoms with van der Waals surface area (Å²) in [7, 11) is 0. The van der Waals surface area contributed by atoms with Crippen molar-refractivity contribution in [3.63, 3.8) is 0 Å². The van der Waals surface area contributed by atoms with E-state index in [4.69, 9.17) is 34.4 Å². The average molecular weight is 1120 g/mol. The van der Waals surface area contributed by atoms with Gasteiger partial charge in [-0.15, -0.1) is 0 Å². The number of rotatable bonds is 38. The lowest BCUT2D eigenvalue weighted by Crippen LogP contribution is -2.60. The van der Waals surface area contributed by atoms with Gasteiger partial charge in [0.2, 0.25) is 53.2 Å². The van der Waals surface area contributed by atoms with Crippen LogP contribution in [0, 0.1) is 5.92 Å². The topological polar surface area (TPSA) is 513 Å². The first-order chi connectivity index (χ1) is 37.3. The van der Waals surface area contributed by atoms with Crippen LogP contribution < -0.4 is 66.3 Å². The van der Waals surface area contributed by atoms with Gasteiger partial charge in [0.05, 0.1) is 6.04 Å². The zero-order valence-electron chi connectivity index (χ0n) is 45.3. The number of unbranched alkanes of at least 4 members (excludes halogenated alkanes) is 2. The van der Waals surface area contributed by atoms with Gasteiger partial charge in [0.25, 0.3) is 0 Å². The van der Waals surface area contributed by atoms with Crippen molar-refractivity contribution in [2.45, 2.75) is 190 Å². The Morgan fingerprint density at radius 1 is 0.519 bits per heavy atom. The molecule has 0 aliphatic carbocycles. The van der Waals surface area contributed by atoms with E-state index in [9.17, 15) is 72.9 Å². The monoisotopic (exact) mass is 1120 g/mol. The summed E-state index contributed by atoms with van der Waals surface area (Å²) < 4.78 is 0. The summed E-state index contributed by atoms with van der Waals surface area (Å²) in [4.78, 5) is 165. The highest BCUT2D eigenvalue weighted by Crippen LogP contribution is 2.24. The largest absolute Gasteiger partial charge is 0.481 e. The quantitative estimate of drug-likeness (QED) is 0.0158. The summed E-state index contributed by atoms with van der Waals surface area (Å²) in [6.45, 7) is 4.19. The SMILES string of the molecule is CC(C)C[C@H](NC(=O)[C@@H]1CCCN1C(=O)[C@H](CCC(=O)O)NC(=O)[C@@H]1CCCN1C(=O)[C@H](CCC(N)=O)NC(=O)[C@H](CCCCN)NC(=O)[C@@H](N)CCCN=C(N)N)C(=O)N[C@@H](CCC(=O)O)C(=O)N[C@@H](CCCCN)C(=O)O. The second kappa shape index (κ2) is 35.3. The third-order valence-electron chi connectivity index (χ3n) is 13.3. The van der Waals surface area contributed by atoms with Crippen molar-refractivity contribution in [1.82, 2.24) is 41.7 Å². The Morgan fingerprint density at radius 3 is 1.41 bits per heavy atom. The summed E-state index contributed by atoms with van der Waals surface area (Å²) in [5, 5.41) is 44.0. The Balaban J connectivity index is 2.37. The molecule has 2 rings (SSSR count). The van der Waals surface area contributed by atoms with Crippen LogP contribution in [0.2, 0.25) is 0 Å². The number of carbonyl (C=O) groups is 12. The Morgan fingerprint density at radius 2 is 0.937 bits per heavy atom. The van der Waals surface area contributed by atoms with Crippen LogP contribution >= 0.6 is 0 Å².